The lowest BCUT2D eigenvalue weighted by atomic mass is 10.1. The van der Waals surface area contributed by atoms with Gasteiger partial charge in [-0.25, -0.2) is 0 Å². The first-order chi connectivity index (χ1) is 7.24. The lowest BCUT2D eigenvalue weighted by Gasteiger charge is -2.19. The van der Waals surface area contributed by atoms with Crippen molar-refractivity contribution < 1.29 is 4.79 Å². The van der Waals surface area contributed by atoms with E-state index in [2.05, 4.69) is 18.9 Å². The zero-order valence-electron chi connectivity index (χ0n) is 9.98. The number of carbonyl (C=O) groups is 1. The van der Waals surface area contributed by atoms with E-state index in [1.807, 2.05) is 0 Å². The highest BCUT2D eigenvalue weighted by atomic mass is 16.1. The van der Waals surface area contributed by atoms with E-state index >= 15 is 0 Å². The molecule has 1 saturated carbocycles. The molecule has 0 spiro atoms. The quantitative estimate of drug-likeness (QED) is 0.648. The minimum Gasteiger partial charge on any atom is -0.303 e. The van der Waals surface area contributed by atoms with Crippen molar-refractivity contribution in [1.82, 2.24) is 4.90 Å². The highest BCUT2D eigenvalue weighted by molar-refractivity contribution is 5.49. The van der Waals surface area contributed by atoms with E-state index in [9.17, 15) is 4.79 Å². The van der Waals surface area contributed by atoms with E-state index in [1.165, 1.54) is 25.8 Å². The number of carbonyl (C=O) groups excluding carboxylic acids is 1. The van der Waals surface area contributed by atoms with Crippen LogP contribution in [0.5, 0.6) is 0 Å². The lowest BCUT2D eigenvalue weighted by molar-refractivity contribution is -0.108. The Bertz CT molecular complexity index is 229. The van der Waals surface area contributed by atoms with Gasteiger partial charge >= 0.3 is 0 Å². The maximum absolute atomic E-state index is 10.3. The van der Waals surface area contributed by atoms with Crippen LogP contribution in [0, 0.1) is 17.8 Å². The molecule has 1 saturated heterocycles. The average Bonchev–Trinajstić information content (AvgIpc) is 2.62. The second-order valence-corrected chi connectivity index (χ2v) is 5.44. The number of hydrogen-bond donors (Lipinski definition) is 0. The lowest BCUT2D eigenvalue weighted by Crippen LogP contribution is -2.25. The van der Waals surface area contributed by atoms with Crippen molar-refractivity contribution in [3.8, 4) is 0 Å². The predicted octanol–water partition coefficient (Wildman–Crippen LogP) is 2.33. The molecule has 0 amide bonds. The van der Waals surface area contributed by atoms with Gasteiger partial charge in [-0.1, -0.05) is 6.92 Å². The Morgan fingerprint density at radius 1 is 1.40 bits per heavy atom. The highest BCUT2D eigenvalue weighted by Crippen LogP contribution is 2.52. The van der Waals surface area contributed by atoms with Crippen molar-refractivity contribution in [2.75, 3.05) is 13.6 Å². The van der Waals surface area contributed by atoms with E-state index in [0.717, 1.165) is 42.9 Å². The van der Waals surface area contributed by atoms with Crippen LogP contribution in [-0.4, -0.2) is 30.8 Å². The van der Waals surface area contributed by atoms with Crippen molar-refractivity contribution in [3.05, 3.63) is 0 Å². The first-order valence-electron chi connectivity index (χ1n) is 6.38. The SMILES string of the molecule is CC1C(CCC=O)C1C[C@H]1CCCN1C. The normalized spacial score (nSPS) is 40.7. The number of nitrogens with zero attached hydrogens (tertiary/aromatic N) is 1. The minimum absolute atomic E-state index is 0.770. The van der Waals surface area contributed by atoms with Crippen LogP contribution in [0.1, 0.15) is 39.0 Å². The standard InChI is InChI=1S/C13H23NO/c1-10-12(6-4-8-15)13(10)9-11-5-3-7-14(11)2/h8,10-13H,3-7,9H2,1-2H3/t10?,11-,12?,13?/m1/s1. The molecule has 3 unspecified atom stereocenters. The van der Waals surface area contributed by atoms with Crippen LogP contribution in [-0.2, 0) is 4.79 Å². The van der Waals surface area contributed by atoms with E-state index in [4.69, 9.17) is 0 Å². The zero-order valence-corrected chi connectivity index (χ0v) is 9.98. The third-order valence-electron chi connectivity index (χ3n) is 4.59. The summed E-state index contributed by atoms with van der Waals surface area (Å²) < 4.78 is 0. The van der Waals surface area contributed by atoms with Gasteiger partial charge in [-0.15, -0.1) is 0 Å². The monoisotopic (exact) mass is 209 g/mol. The van der Waals surface area contributed by atoms with Crippen LogP contribution in [0.4, 0.5) is 0 Å². The molecule has 0 N–H and O–H groups in total. The maximum Gasteiger partial charge on any atom is 0.120 e. The summed E-state index contributed by atoms with van der Waals surface area (Å²) in [5.74, 6) is 2.64. The first-order valence-corrected chi connectivity index (χ1v) is 6.38. The van der Waals surface area contributed by atoms with Crippen LogP contribution in [0.3, 0.4) is 0 Å². The Hall–Kier alpha value is -0.370. The van der Waals surface area contributed by atoms with Gasteiger partial charge in [0.2, 0.25) is 0 Å². The predicted molar refractivity (Wildman–Crippen MR) is 61.7 cm³/mol. The van der Waals surface area contributed by atoms with Gasteiger partial charge in [0.05, 0.1) is 0 Å². The largest absolute Gasteiger partial charge is 0.303 e. The summed E-state index contributed by atoms with van der Waals surface area (Å²) in [5.41, 5.74) is 0. The van der Waals surface area contributed by atoms with Gasteiger partial charge in [-0.3, -0.25) is 0 Å². The molecular formula is C13H23NO. The maximum atomic E-state index is 10.3. The molecule has 1 aliphatic heterocycles. The molecule has 2 nitrogen and oxygen atoms in total. The Kier molecular flexibility index (Phi) is 3.45. The van der Waals surface area contributed by atoms with Crippen LogP contribution in [0.25, 0.3) is 0 Å². The molecule has 2 heteroatoms. The minimum atomic E-state index is 0.770. The van der Waals surface area contributed by atoms with Crippen LogP contribution >= 0.6 is 0 Å². The van der Waals surface area contributed by atoms with Crippen LogP contribution in [0.15, 0.2) is 0 Å². The van der Waals surface area contributed by atoms with Gasteiger partial charge < -0.3 is 9.69 Å². The number of likely N-dealkylation sites (tertiary alicyclic amines) is 1. The molecule has 0 aromatic heterocycles. The van der Waals surface area contributed by atoms with Gasteiger partial charge in [0.15, 0.2) is 0 Å². The first kappa shape index (κ1) is 11.1. The van der Waals surface area contributed by atoms with Gasteiger partial charge in [-0.2, -0.15) is 0 Å². The Balaban J connectivity index is 1.74. The molecule has 0 aromatic rings. The Morgan fingerprint density at radius 3 is 2.80 bits per heavy atom. The average molecular weight is 209 g/mol. The highest BCUT2D eigenvalue weighted by Gasteiger charge is 2.46. The fraction of sp³-hybridized carbons (Fsp3) is 0.923. The van der Waals surface area contributed by atoms with Crippen molar-refractivity contribution >= 4 is 6.29 Å². The number of hydrogen-bond acceptors (Lipinski definition) is 2. The molecule has 0 radical (unpaired) electrons. The molecule has 4 atom stereocenters. The molecule has 1 aliphatic carbocycles. The summed E-state index contributed by atoms with van der Waals surface area (Å²) in [7, 11) is 2.26. The van der Waals surface area contributed by atoms with Crippen LogP contribution < -0.4 is 0 Å². The third-order valence-corrected chi connectivity index (χ3v) is 4.59. The van der Waals surface area contributed by atoms with Gasteiger partial charge in [0.1, 0.15) is 6.29 Å². The smallest absolute Gasteiger partial charge is 0.120 e. The fourth-order valence-corrected chi connectivity index (χ4v) is 3.35. The summed E-state index contributed by atoms with van der Waals surface area (Å²) in [6.07, 6.45) is 7.12. The molecule has 2 rings (SSSR count). The van der Waals surface area contributed by atoms with Gasteiger partial charge in [0.25, 0.3) is 0 Å². The topological polar surface area (TPSA) is 20.3 Å². The van der Waals surface area contributed by atoms with Crippen molar-refractivity contribution in [2.24, 2.45) is 17.8 Å². The van der Waals surface area contributed by atoms with Crippen molar-refractivity contribution in [2.45, 2.75) is 45.1 Å². The molecular weight excluding hydrogens is 186 g/mol. The number of rotatable bonds is 5. The summed E-state index contributed by atoms with van der Waals surface area (Å²) >= 11 is 0. The molecule has 2 fully saturated rings. The van der Waals surface area contributed by atoms with Crippen LogP contribution in [0.2, 0.25) is 0 Å². The molecule has 15 heavy (non-hydrogen) atoms. The van der Waals surface area contributed by atoms with E-state index in [0.29, 0.717) is 0 Å². The van der Waals surface area contributed by atoms with E-state index < -0.39 is 0 Å². The van der Waals surface area contributed by atoms with E-state index in [-0.39, 0.29) is 0 Å². The molecule has 2 aliphatic rings. The Labute approximate surface area is 93.0 Å². The fourth-order valence-electron chi connectivity index (χ4n) is 3.35. The number of aldehydes is 1. The summed E-state index contributed by atoms with van der Waals surface area (Å²) in [6, 6.07) is 0.832. The molecule has 1 heterocycles. The Morgan fingerprint density at radius 2 is 2.20 bits per heavy atom. The summed E-state index contributed by atoms with van der Waals surface area (Å²) in [5, 5.41) is 0. The second-order valence-electron chi connectivity index (χ2n) is 5.44. The second kappa shape index (κ2) is 4.65. The van der Waals surface area contributed by atoms with Gasteiger partial charge in [-0.05, 0) is 57.0 Å². The third kappa shape index (κ3) is 2.41. The summed E-state index contributed by atoms with van der Waals surface area (Å²) in [6.45, 7) is 3.64. The molecule has 0 bridgehead atoms. The van der Waals surface area contributed by atoms with Gasteiger partial charge in [0, 0.05) is 12.5 Å². The molecule has 86 valence electrons. The molecule has 0 aromatic carbocycles. The summed E-state index contributed by atoms with van der Waals surface area (Å²) in [4.78, 5) is 12.9. The van der Waals surface area contributed by atoms with Crippen molar-refractivity contribution in [3.63, 3.8) is 0 Å². The van der Waals surface area contributed by atoms with E-state index in [1.54, 1.807) is 0 Å². The van der Waals surface area contributed by atoms with Crippen molar-refractivity contribution in [1.29, 1.82) is 0 Å². The zero-order chi connectivity index (χ0) is 10.8.